The maximum atomic E-state index is 12.9. The third-order valence-electron chi connectivity index (χ3n) is 3.70. The van der Waals surface area contributed by atoms with Crippen molar-refractivity contribution in [3.63, 3.8) is 0 Å². The summed E-state index contributed by atoms with van der Waals surface area (Å²) in [4.78, 5) is 0. The standard InChI is InChI=1S/C14H15F2N3/c1-8-2-3-9(4-11(8)17)12-5-13(19-18-12)10-6-14(15,16)7-10/h2-5,10H,6-7,17H2,1H3,(H,18,19). The van der Waals surface area contributed by atoms with Crippen molar-refractivity contribution in [2.75, 3.05) is 5.73 Å². The molecule has 0 aliphatic heterocycles. The fourth-order valence-electron chi connectivity index (χ4n) is 2.37. The van der Waals surface area contributed by atoms with E-state index in [2.05, 4.69) is 10.2 Å². The summed E-state index contributed by atoms with van der Waals surface area (Å²) >= 11 is 0. The van der Waals surface area contributed by atoms with E-state index in [1.165, 1.54) is 0 Å². The molecular weight excluding hydrogens is 248 g/mol. The van der Waals surface area contributed by atoms with E-state index >= 15 is 0 Å². The zero-order chi connectivity index (χ0) is 13.6. The predicted molar refractivity (Wildman–Crippen MR) is 70.1 cm³/mol. The molecule has 0 amide bonds. The molecule has 0 saturated heterocycles. The van der Waals surface area contributed by atoms with Crippen molar-refractivity contribution in [2.24, 2.45) is 0 Å². The number of nitrogen functional groups attached to an aromatic ring is 1. The summed E-state index contributed by atoms with van der Waals surface area (Å²) in [6.07, 6.45) is -0.185. The molecule has 0 radical (unpaired) electrons. The number of alkyl halides is 2. The molecule has 0 unspecified atom stereocenters. The van der Waals surface area contributed by atoms with Crippen LogP contribution >= 0.6 is 0 Å². The molecule has 5 heteroatoms. The maximum Gasteiger partial charge on any atom is 0.249 e. The molecule has 1 aromatic heterocycles. The zero-order valence-electron chi connectivity index (χ0n) is 10.6. The van der Waals surface area contributed by atoms with Crippen LogP contribution in [-0.4, -0.2) is 16.1 Å². The lowest BCUT2D eigenvalue weighted by atomic mass is 9.79. The van der Waals surface area contributed by atoms with E-state index in [1.54, 1.807) is 0 Å². The quantitative estimate of drug-likeness (QED) is 0.815. The number of hydrogen-bond donors (Lipinski definition) is 2. The predicted octanol–water partition coefficient (Wildman–Crippen LogP) is 3.48. The van der Waals surface area contributed by atoms with Gasteiger partial charge < -0.3 is 5.73 Å². The second-order valence-electron chi connectivity index (χ2n) is 5.24. The van der Waals surface area contributed by atoms with Gasteiger partial charge >= 0.3 is 0 Å². The van der Waals surface area contributed by atoms with E-state index in [9.17, 15) is 8.78 Å². The van der Waals surface area contributed by atoms with Crippen LogP contribution in [0.1, 0.15) is 30.0 Å². The van der Waals surface area contributed by atoms with Crippen molar-refractivity contribution >= 4 is 5.69 Å². The molecule has 1 aromatic carbocycles. The number of rotatable bonds is 2. The Morgan fingerprint density at radius 2 is 2.05 bits per heavy atom. The largest absolute Gasteiger partial charge is 0.398 e. The van der Waals surface area contributed by atoms with Crippen molar-refractivity contribution in [1.82, 2.24) is 10.2 Å². The SMILES string of the molecule is Cc1ccc(-c2cc(C3CC(F)(F)C3)[nH]n2)cc1N. The van der Waals surface area contributed by atoms with Crippen LogP contribution in [0.3, 0.4) is 0 Å². The molecule has 1 fully saturated rings. The van der Waals surface area contributed by atoms with Crippen molar-refractivity contribution in [3.8, 4) is 11.3 Å². The molecule has 1 aliphatic rings. The van der Waals surface area contributed by atoms with Gasteiger partial charge in [-0.15, -0.1) is 0 Å². The minimum atomic E-state index is -2.51. The van der Waals surface area contributed by atoms with Gasteiger partial charge in [-0.1, -0.05) is 12.1 Å². The summed E-state index contributed by atoms with van der Waals surface area (Å²) in [6.45, 7) is 1.94. The number of nitrogens with one attached hydrogen (secondary N) is 1. The van der Waals surface area contributed by atoms with Crippen molar-refractivity contribution < 1.29 is 8.78 Å². The Labute approximate surface area is 109 Å². The minimum Gasteiger partial charge on any atom is -0.398 e. The number of benzene rings is 1. The van der Waals surface area contributed by atoms with Crippen molar-refractivity contribution in [2.45, 2.75) is 31.6 Å². The molecule has 1 saturated carbocycles. The molecule has 1 heterocycles. The van der Waals surface area contributed by atoms with E-state index < -0.39 is 5.92 Å². The van der Waals surface area contributed by atoms with E-state index in [-0.39, 0.29) is 18.8 Å². The molecule has 2 aromatic rings. The fraction of sp³-hybridized carbons (Fsp3) is 0.357. The summed E-state index contributed by atoms with van der Waals surface area (Å²) in [6, 6.07) is 7.55. The van der Waals surface area contributed by atoms with Gasteiger partial charge in [0.15, 0.2) is 0 Å². The number of hydrogen-bond acceptors (Lipinski definition) is 2. The Kier molecular flexibility index (Phi) is 2.59. The minimum absolute atomic E-state index is 0.0926. The molecule has 100 valence electrons. The smallest absolute Gasteiger partial charge is 0.249 e. The number of nitrogens with zero attached hydrogens (tertiary/aromatic N) is 1. The molecule has 0 spiro atoms. The number of H-pyrrole nitrogens is 1. The highest BCUT2D eigenvalue weighted by molar-refractivity contribution is 5.66. The molecule has 1 aliphatic carbocycles. The van der Waals surface area contributed by atoms with E-state index in [4.69, 9.17) is 5.73 Å². The van der Waals surface area contributed by atoms with Gasteiger partial charge in [-0.2, -0.15) is 5.10 Å². The van der Waals surface area contributed by atoms with Gasteiger partial charge in [-0.25, -0.2) is 8.78 Å². The molecule has 3 nitrogen and oxygen atoms in total. The third-order valence-corrected chi connectivity index (χ3v) is 3.70. The highest BCUT2D eigenvalue weighted by atomic mass is 19.3. The van der Waals surface area contributed by atoms with E-state index in [0.717, 1.165) is 22.5 Å². The van der Waals surface area contributed by atoms with Crippen LogP contribution in [-0.2, 0) is 0 Å². The topological polar surface area (TPSA) is 54.7 Å². The number of nitrogens with two attached hydrogens (primary N) is 1. The van der Waals surface area contributed by atoms with Crippen LogP contribution < -0.4 is 5.73 Å². The molecule has 3 rings (SSSR count). The van der Waals surface area contributed by atoms with Gasteiger partial charge in [0.25, 0.3) is 0 Å². The normalized spacial score (nSPS) is 18.3. The van der Waals surface area contributed by atoms with Gasteiger partial charge in [0.05, 0.1) is 5.69 Å². The Hall–Kier alpha value is -1.91. The van der Waals surface area contributed by atoms with Crippen LogP contribution in [0.5, 0.6) is 0 Å². The highest BCUT2D eigenvalue weighted by Crippen LogP contribution is 2.48. The summed E-state index contributed by atoms with van der Waals surface area (Å²) in [5.41, 5.74) is 10.0. The summed E-state index contributed by atoms with van der Waals surface area (Å²) < 4.78 is 25.7. The Morgan fingerprint density at radius 1 is 1.32 bits per heavy atom. The molecule has 0 bridgehead atoms. The Bertz CT molecular complexity index is 611. The van der Waals surface area contributed by atoms with Crippen LogP contribution in [0, 0.1) is 6.92 Å². The average molecular weight is 263 g/mol. The second kappa shape index (κ2) is 4.05. The Balaban J connectivity index is 1.83. The lowest BCUT2D eigenvalue weighted by Gasteiger charge is -2.33. The summed E-state index contributed by atoms with van der Waals surface area (Å²) in [5, 5.41) is 7.04. The average Bonchev–Trinajstić information content (AvgIpc) is 2.78. The number of aromatic amines is 1. The highest BCUT2D eigenvalue weighted by Gasteiger charge is 2.46. The molecule has 19 heavy (non-hydrogen) atoms. The first-order valence-corrected chi connectivity index (χ1v) is 6.24. The molecular formula is C14H15F2N3. The number of aryl methyl sites for hydroxylation is 1. The van der Waals surface area contributed by atoms with Crippen molar-refractivity contribution in [3.05, 3.63) is 35.5 Å². The Morgan fingerprint density at radius 3 is 2.68 bits per heavy atom. The third kappa shape index (κ3) is 2.20. The summed E-state index contributed by atoms with van der Waals surface area (Å²) in [5.74, 6) is -2.62. The second-order valence-corrected chi connectivity index (χ2v) is 5.24. The molecule has 3 N–H and O–H groups in total. The lowest BCUT2D eigenvalue weighted by molar-refractivity contribution is -0.0876. The fourth-order valence-corrected chi connectivity index (χ4v) is 2.37. The number of aromatic nitrogens is 2. The van der Waals surface area contributed by atoms with Gasteiger partial charge in [0.2, 0.25) is 5.92 Å². The number of halogens is 2. The zero-order valence-corrected chi connectivity index (χ0v) is 10.6. The van der Waals surface area contributed by atoms with Gasteiger partial charge in [-0.3, -0.25) is 5.10 Å². The van der Waals surface area contributed by atoms with Crippen LogP contribution in [0.15, 0.2) is 24.3 Å². The lowest BCUT2D eigenvalue weighted by Crippen LogP contribution is -2.33. The number of anilines is 1. The molecule has 0 atom stereocenters. The summed E-state index contributed by atoms with van der Waals surface area (Å²) in [7, 11) is 0. The van der Waals surface area contributed by atoms with Gasteiger partial charge in [0, 0.05) is 35.7 Å². The van der Waals surface area contributed by atoms with E-state index in [1.807, 2.05) is 31.2 Å². The first-order valence-electron chi connectivity index (χ1n) is 6.24. The van der Waals surface area contributed by atoms with Gasteiger partial charge in [-0.05, 0) is 24.6 Å². The van der Waals surface area contributed by atoms with Crippen molar-refractivity contribution in [1.29, 1.82) is 0 Å². The first-order chi connectivity index (χ1) is 8.94. The van der Waals surface area contributed by atoms with Gasteiger partial charge in [0.1, 0.15) is 0 Å². The maximum absolute atomic E-state index is 12.9. The van der Waals surface area contributed by atoms with E-state index in [0.29, 0.717) is 5.69 Å². The first kappa shape index (κ1) is 12.1. The monoisotopic (exact) mass is 263 g/mol. The van der Waals surface area contributed by atoms with Crippen LogP contribution in [0.25, 0.3) is 11.3 Å². The van der Waals surface area contributed by atoms with Crippen LogP contribution in [0.2, 0.25) is 0 Å². The van der Waals surface area contributed by atoms with Crippen LogP contribution in [0.4, 0.5) is 14.5 Å².